The summed E-state index contributed by atoms with van der Waals surface area (Å²) in [6.07, 6.45) is 4.48. The molecule has 2 fully saturated rings. The van der Waals surface area contributed by atoms with Crippen molar-refractivity contribution in [2.24, 2.45) is 5.92 Å². The van der Waals surface area contributed by atoms with Crippen LogP contribution >= 0.6 is 0 Å². The number of rotatable bonds is 5. The molecule has 5 heteroatoms. The second-order valence-corrected chi connectivity index (χ2v) is 5.57. The van der Waals surface area contributed by atoms with Crippen LogP contribution in [0.3, 0.4) is 0 Å². The lowest BCUT2D eigenvalue weighted by Crippen LogP contribution is -2.54. The first-order valence-corrected chi connectivity index (χ1v) is 7.36. The molecule has 108 valence electrons. The van der Waals surface area contributed by atoms with E-state index in [1.807, 2.05) is 0 Å². The Bertz CT molecular complexity index is 333. The van der Waals surface area contributed by atoms with Crippen LogP contribution in [0.5, 0.6) is 0 Å². The van der Waals surface area contributed by atoms with Crippen LogP contribution in [0.2, 0.25) is 0 Å². The summed E-state index contributed by atoms with van der Waals surface area (Å²) in [5.74, 6) is 0.551. The van der Waals surface area contributed by atoms with Crippen molar-refractivity contribution in [2.45, 2.75) is 45.1 Å². The van der Waals surface area contributed by atoms with Gasteiger partial charge in [0.15, 0.2) is 0 Å². The van der Waals surface area contributed by atoms with Crippen molar-refractivity contribution in [3.05, 3.63) is 0 Å². The Labute approximate surface area is 114 Å². The van der Waals surface area contributed by atoms with Gasteiger partial charge in [0.05, 0.1) is 13.2 Å². The highest BCUT2D eigenvalue weighted by Crippen LogP contribution is 2.25. The maximum atomic E-state index is 11.7. The van der Waals surface area contributed by atoms with Crippen molar-refractivity contribution in [1.29, 1.82) is 0 Å². The van der Waals surface area contributed by atoms with Gasteiger partial charge in [0.1, 0.15) is 0 Å². The number of hydrogen-bond donors (Lipinski definition) is 1. The average molecular weight is 268 g/mol. The lowest BCUT2D eigenvalue weighted by molar-refractivity contribution is -0.146. The standard InChI is InChI=1S/C14H24N2O3/c1-2-3-8-19-14(18)10-16-7-6-12-11(9-16)4-5-13(17)15-12/h11-12H,2-10H2,1H3,(H,15,17). The highest BCUT2D eigenvalue weighted by atomic mass is 16.5. The van der Waals surface area contributed by atoms with Gasteiger partial charge in [-0.15, -0.1) is 0 Å². The van der Waals surface area contributed by atoms with Gasteiger partial charge in [-0.2, -0.15) is 0 Å². The second kappa shape index (κ2) is 6.89. The molecule has 2 heterocycles. The summed E-state index contributed by atoms with van der Waals surface area (Å²) in [6, 6.07) is 0.314. The molecular formula is C14H24N2O3. The molecule has 0 spiro atoms. The first kappa shape index (κ1) is 14.3. The van der Waals surface area contributed by atoms with E-state index in [1.165, 1.54) is 0 Å². The summed E-state index contributed by atoms with van der Waals surface area (Å²) in [6.45, 7) is 4.76. The molecule has 0 aromatic carbocycles. The molecule has 19 heavy (non-hydrogen) atoms. The number of ether oxygens (including phenoxy) is 1. The minimum absolute atomic E-state index is 0.119. The van der Waals surface area contributed by atoms with Gasteiger partial charge < -0.3 is 10.1 Å². The second-order valence-electron chi connectivity index (χ2n) is 5.57. The summed E-state index contributed by atoms with van der Waals surface area (Å²) >= 11 is 0. The highest BCUT2D eigenvalue weighted by Gasteiger charge is 2.34. The zero-order chi connectivity index (χ0) is 13.7. The fourth-order valence-corrected chi connectivity index (χ4v) is 2.89. The molecule has 2 rings (SSSR count). The number of esters is 1. The predicted octanol–water partition coefficient (Wildman–Crippen LogP) is 0.930. The van der Waals surface area contributed by atoms with Crippen molar-refractivity contribution in [3.8, 4) is 0 Å². The quantitative estimate of drug-likeness (QED) is 0.595. The first-order valence-electron chi connectivity index (χ1n) is 7.36. The van der Waals surface area contributed by atoms with E-state index in [4.69, 9.17) is 4.74 Å². The van der Waals surface area contributed by atoms with Crippen molar-refractivity contribution < 1.29 is 14.3 Å². The van der Waals surface area contributed by atoms with Crippen molar-refractivity contribution in [3.63, 3.8) is 0 Å². The van der Waals surface area contributed by atoms with Crippen LogP contribution in [-0.4, -0.2) is 49.1 Å². The van der Waals surface area contributed by atoms with Crippen LogP contribution in [0.4, 0.5) is 0 Å². The number of fused-ring (bicyclic) bond motifs is 1. The summed E-state index contributed by atoms with van der Waals surface area (Å²) in [7, 11) is 0. The predicted molar refractivity (Wildman–Crippen MR) is 71.6 cm³/mol. The van der Waals surface area contributed by atoms with E-state index in [0.29, 0.717) is 31.5 Å². The molecule has 2 aliphatic rings. The number of amides is 1. The maximum absolute atomic E-state index is 11.7. The number of nitrogens with one attached hydrogen (secondary N) is 1. The largest absolute Gasteiger partial charge is 0.465 e. The van der Waals surface area contributed by atoms with E-state index in [0.717, 1.165) is 38.8 Å². The Morgan fingerprint density at radius 1 is 1.47 bits per heavy atom. The molecule has 0 aliphatic carbocycles. The smallest absolute Gasteiger partial charge is 0.320 e. The van der Waals surface area contributed by atoms with Gasteiger partial charge >= 0.3 is 5.97 Å². The third-order valence-corrected chi connectivity index (χ3v) is 4.02. The summed E-state index contributed by atoms with van der Waals surface area (Å²) in [5.41, 5.74) is 0. The molecule has 1 N–H and O–H groups in total. The molecule has 0 saturated carbocycles. The van der Waals surface area contributed by atoms with Crippen molar-refractivity contribution in [1.82, 2.24) is 10.2 Å². The van der Waals surface area contributed by atoms with E-state index in [-0.39, 0.29) is 11.9 Å². The number of hydrogen-bond acceptors (Lipinski definition) is 4. The number of nitrogens with zero attached hydrogens (tertiary/aromatic N) is 1. The van der Waals surface area contributed by atoms with Gasteiger partial charge in [-0.05, 0) is 25.2 Å². The van der Waals surface area contributed by atoms with Gasteiger partial charge in [-0.3, -0.25) is 14.5 Å². The Kier molecular flexibility index (Phi) is 5.19. The van der Waals surface area contributed by atoms with Gasteiger partial charge in [-0.25, -0.2) is 0 Å². The van der Waals surface area contributed by atoms with E-state index in [2.05, 4.69) is 17.1 Å². The fourth-order valence-electron chi connectivity index (χ4n) is 2.89. The number of piperidine rings is 2. The summed E-state index contributed by atoms with van der Waals surface area (Å²) in [4.78, 5) is 25.1. The van der Waals surface area contributed by atoms with Crippen molar-refractivity contribution in [2.75, 3.05) is 26.2 Å². The van der Waals surface area contributed by atoms with Gasteiger partial charge in [0, 0.05) is 25.6 Å². The molecule has 0 bridgehead atoms. The molecule has 0 aromatic heterocycles. The van der Waals surface area contributed by atoms with Crippen LogP contribution in [-0.2, 0) is 14.3 Å². The normalized spacial score (nSPS) is 27.5. The fraction of sp³-hybridized carbons (Fsp3) is 0.857. The first-order chi connectivity index (χ1) is 9.19. The average Bonchev–Trinajstić information content (AvgIpc) is 2.39. The summed E-state index contributed by atoms with van der Waals surface area (Å²) in [5, 5.41) is 3.05. The zero-order valence-electron chi connectivity index (χ0n) is 11.7. The van der Waals surface area contributed by atoms with Crippen LogP contribution < -0.4 is 5.32 Å². The SMILES string of the molecule is CCCCOC(=O)CN1CCC2NC(=O)CCC2C1. The Hall–Kier alpha value is -1.10. The molecule has 2 aliphatic heterocycles. The molecule has 0 radical (unpaired) electrons. The minimum atomic E-state index is -0.119. The monoisotopic (exact) mass is 268 g/mol. The Balaban J connectivity index is 1.72. The van der Waals surface area contributed by atoms with Crippen LogP contribution in [0, 0.1) is 5.92 Å². The molecule has 0 aromatic rings. The summed E-state index contributed by atoms with van der Waals surface area (Å²) < 4.78 is 5.19. The number of likely N-dealkylation sites (tertiary alicyclic amines) is 1. The molecule has 1 amide bonds. The van der Waals surface area contributed by atoms with E-state index >= 15 is 0 Å². The maximum Gasteiger partial charge on any atom is 0.320 e. The number of unbranched alkanes of at least 4 members (excludes halogenated alkanes) is 1. The topological polar surface area (TPSA) is 58.6 Å². The van der Waals surface area contributed by atoms with E-state index < -0.39 is 0 Å². The third kappa shape index (κ3) is 4.20. The zero-order valence-corrected chi connectivity index (χ0v) is 11.7. The molecule has 5 nitrogen and oxygen atoms in total. The Morgan fingerprint density at radius 2 is 2.32 bits per heavy atom. The number of carbonyl (C=O) groups excluding carboxylic acids is 2. The minimum Gasteiger partial charge on any atom is -0.465 e. The molecule has 2 saturated heterocycles. The lowest BCUT2D eigenvalue weighted by atomic mass is 9.85. The van der Waals surface area contributed by atoms with Crippen LogP contribution in [0.25, 0.3) is 0 Å². The van der Waals surface area contributed by atoms with Crippen molar-refractivity contribution >= 4 is 11.9 Å². The molecular weight excluding hydrogens is 244 g/mol. The lowest BCUT2D eigenvalue weighted by Gasteiger charge is -2.41. The molecule has 2 atom stereocenters. The molecule has 2 unspecified atom stereocenters. The van der Waals surface area contributed by atoms with E-state index in [9.17, 15) is 9.59 Å². The number of carbonyl (C=O) groups is 2. The third-order valence-electron chi connectivity index (χ3n) is 4.02. The van der Waals surface area contributed by atoms with Crippen LogP contribution in [0.1, 0.15) is 39.0 Å². The van der Waals surface area contributed by atoms with Gasteiger partial charge in [-0.1, -0.05) is 13.3 Å². The van der Waals surface area contributed by atoms with E-state index in [1.54, 1.807) is 0 Å². The van der Waals surface area contributed by atoms with Gasteiger partial charge in [0.25, 0.3) is 0 Å². The highest BCUT2D eigenvalue weighted by molar-refractivity contribution is 5.77. The Morgan fingerprint density at radius 3 is 3.11 bits per heavy atom. The van der Waals surface area contributed by atoms with Gasteiger partial charge in [0.2, 0.25) is 5.91 Å². The van der Waals surface area contributed by atoms with Crippen LogP contribution in [0.15, 0.2) is 0 Å².